The zero-order valence-corrected chi connectivity index (χ0v) is 9.82. The Morgan fingerprint density at radius 1 is 1.33 bits per heavy atom. The minimum Gasteiger partial charge on any atom is -0.756 e. The summed E-state index contributed by atoms with van der Waals surface area (Å²) in [5.41, 5.74) is 0. The highest BCUT2D eigenvalue weighted by molar-refractivity contribution is 7.45. The third kappa shape index (κ3) is 13.1. The highest BCUT2D eigenvalue weighted by Gasteiger charge is 1.98. The summed E-state index contributed by atoms with van der Waals surface area (Å²) >= 11 is 0. The van der Waals surface area contributed by atoms with E-state index in [1.54, 1.807) is 0 Å². The quantitative estimate of drug-likeness (QED) is 0.329. The molecule has 0 heterocycles. The molecule has 7 nitrogen and oxygen atoms in total. The lowest BCUT2D eigenvalue weighted by molar-refractivity contribution is -0.220. The molecule has 1 N–H and O–H groups in total. The Balaban J connectivity index is 0. The Hall–Kier alpha value is -0.880. The molecule has 0 radical (unpaired) electrons. The van der Waals surface area contributed by atoms with Gasteiger partial charge in [-0.15, -0.1) is 0 Å². The van der Waals surface area contributed by atoms with E-state index in [2.05, 4.69) is 13.8 Å². The van der Waals surface area contributed by atoms with Crippen LogP contribution in [-0.2, 0) is 23.1 Å². The second kappa shape index (κ2) is 8.43. The lowest BCUT2D eigenvalue weighted by Gasteiger charge is -2.16. The lowest BCUT2D eigenvalue weighted by atomic mass is 10.5. The molecule has 0 unspecified atom stereocenters. The standard InChI is InChI=1S/C5H8O3.C2H7O4P/c1-4(6)3-5(7)8-2;1-5-7(3,4)6-2/h3,6H,1-2H3;1-2H3,(H,3,4)/p-1/b4-3+;. The third-order valence-electron chi connectivity index (χ3n) is 0.975. The monoisotopic (exact) mass is 241 g/mol. The number of phosphoric ester groups is 1. The van der Waals surface area contributed by atoms with Crippen molar-refractivity contribution in [2.24, 2.45) is 0 Å². The first kappa shape index (κ1) is 16.5. The van der Waals surface area contributed by atoms with Gasteiger partial charge in [0.2, 0.25) is 0 Å². The molecule has 0 aliphatic rings. The predicted molar refractivity (Wildman–Crippen MR) is 50.0 cm³/mol. The molecule has 0 fully saturated rings. The van der Waals surface area contributed by atoms with Crippen molar-refractivity contribution in [1.29, 1.82) is 0 Å². The fourth-order valence-corrected chi connectivity index (χ4v) is 0.453. The fourth-order valence-electron chi connectivity index (χ4n) is 0.304. The molecule has 0 aromatic rings. The average molecular weight is 241 g/mol. The van der Waals surface area contributed by atoms with Crippen LogP contribution in [0, 0.1) is 0 Å². The Bertz CT molecular complexity index is 248. The third-order valence-corrected chi connectivity index (χ3v) is 1.87. The van der Waals surface area contributed by atoms with Crippen LogP contribution in [0.4, 0.5) is 0 Å². The van der Waals surface area contributed by atoms with Crippen LogP contribution >= 0.6 is 7.82 Å². The summed E-state index contributed by atoms with van der Waals surface area (Å²) in [6, 6.07) is 0. The van der Waals surface area contributed by atoms with E-state index in [9.17, 15) is 14.3 Å². The smallest absolute Gasteiger partial charge is 0.333 e. The molecule has 0 aromatic carbocycles. The molecule has 0 atom stereocenters. The van der Waals surface area contributed by atoms with Crippen LogP contribution in [0.25, 0.3) is 0 Å². The Labute approximate surface area is 87.9 Å². The largest absolute Gasteiger partial charge is 0.756 e. The van der Waals surface area contributed by atoms with E-state index in [1.807, 2.05) is 0 Å². The van der Waals surface area contributed by atoms with E-state index < -0.39 is 13.8 Å². The van der Waals surface area contributed by atoms with Crippen molar-refractivity contribution < 1.29 is 33.1 Å². The molecule has 0 saturated heterocycles. The van der Waals surface area contributed by atoms with Gasteiger partial charge in [0, 0.05) is 14.2 Å². The van der Waals surface area contributed by atoms with Gasteiger partial charge in [-0.05, 0) is 6.92 Å². The van der Waals surface area contributed by atoms with E-state index in [-0.39, 0.29) is 5.76 Å². The molecule has 0 rings (SSSR count). The van der Waals surface area contributed by atoms with Crippen LogP contribution in [0.15, 0.2) is 11.8 Å². The van der Waals surface area contributed by atoms with Crippen molar-refractivity contribution in [2.45, 2.75) is 6.92 Å². The van der Waals surface area contributed by atoms with E-state index in [1.165, 1.54) is 14.0 Å². The van der Waals surface area contributed by atoms with Gasteiger partial charge in [-0.3, -0.25) is 4.57 Å². The number of rotatable bonds is 3. The number of esters is 1. The topological polar surface area (TPSA) is 105 Å². The summed E-state index contributed by atoms with van der Waals surface area (Å²) in [4.78, 5) is 20.1. The van der Waals surface area contributed by atoms with Gasteiger partial charge < -0.3 is 23.8 Å². The van der Waals surface area contributed by atoms with Gasteiger partial charge in [0.15, 0.2) is 0 Å². The second-order valence-corrected chi connectivity index (χ2v) is 3.75. The number of methoxy groups -OCH3 is 1. The highest BCUT2D eigenvalue weighted by Crippen LogP contribution is 2.34. The van der Waals surface area contributed by atoms with Crippen molar-refractivity contribution in [3.63, 3.8) is 0 Å². The lowest BCUT2D eigenvalue weighted by Crippen LogP contribution is -2.02. The molecule has 0 aliphatic carbocycles. The number of hydrogen-bond donors (Lipinski definition) is 1. The van der Waals surface area contributed by atoms with E-state index in [0.717, 1.165) is 20.3 Å². The minimum absolute atomic E-state index is 0.0446. The average Bonchev–Trinajstić information content (AvgIpc) is 2.18. The number of carbonyl (C=O) groups excluding carboxylic acids is 1. The van der Waals surface area contributed by atoms with E-state index in [4.69, 9.17) is 5.11 Å². The highest BCUT2D eigenvalue weighted by atomic mass is 31.2. The summed E-state index contributed by atoms with van der Waals surface area (Å²) in [6.45, 7) is 1.40. The van der Waals surface area contributed by atoms with Gasteiger partial charge in [-0.2, -0.15) is 0 Å². The molecular formula is C7H14O7P-. The first-order valence-electron chi connectivity index (χ1n) is 3.66. The molecule has 0 saturated carbocycles. The molecule has 0 aliphatic heterocycles. The van der Waals surface area contributed by atoms with Crippen molar-refractivity contribution in [1.82, 2.24) is 0 Å². The van der Waals surface area contributed by atoms with Crippen LogP contribution in [-0.4, -0.2) is 32.4 Å². The number of carbonyl (C=O) groups is 1. The predicted octanol–water partition coefficient (Wildman–Crippen LogP) is 0.369. The molecule has 0 amide bonds. The number of phosphoric acid groups is 1. The zero-order valence-electron chi connectivity index (χ0n) is 8.92. The van der Waals surface area contributed by atoms with Crippen LogP contribution in [0.5, 0.6) is 0 Å². The second-order valence-electron chi connectivity index (χ2n) is 2.12. The van der Waals surface area contributed by atoms with Crippen LogP contribution < -0.4 is 4.89 Å². The van der Waals surface area contributed by atoms with Crippen LogP contribution in [0.1, 0.15) is 6.92 Å². The molecule has 0 bridgehead atoms. The maximum Gasteiger partial charge on any atom is 0.333 e. The molecule has 8 heteroatoms. The Morgan fingerprint density at radius 2 is 1.73 bits per heavy atom. The molecule has 15 heavy (non-hydrogen) atoms. The maximum atomic E-state index is 10.2. The van der Waals surface area contributed by atoms with Gasteiger partial charge in [-0.1, -0.05) is 0 Å². The Morgan fingerprint density at radius 3 is 1.80 bits per heavy atom. The summed E-state index contributed by atoms with van der Waals surface area (Å²) in [5, 5.41) is 8.41. The SMILES string of the molecule is COC(=O)/C=C(\C)O.COP(=O)([O-])OC. The number of ether oxygens (including phenoxy) is 1. The van der Waals surface area contributed by atoms with Gasteiger partial charge >= 0.3 is 5.97 Å². The summed E-state index contributed by atoms with van der Waals surface area (Å²) in [7, 11) is -0.575. The zero-order chi connectivity index (χ0) is 12.5. The Kier molecular flexibility index (Phi) is 9.30. The number of aliphatic hydroxyl groups excluding tert-OH is 1. The van der Waals surface area contributed by atoms with Gasteiger partial charge in [0.25, 0.3) is 7.82 Å². The number of hydrogen-bond acceptors (Lipinski definition) is 7. The first-order valence-corrected chi connectivity index (χ1v) is 5.12. The first-order chi connectivity index (χ1) is 6.79. The van der Waals surface area contributed by atoms with Gasteiger partial charge in [0.1, 0.15) is 0 Å². The van der Waals surface area contributed by atoms with Gasteiger partial charge in [-0.25, -0.2) is 4.79 Å². The van der Waals surface area contributed by atoms with Crippen molar-refractivity contribution in [3.05, 3.63) is 11.8 Å². The van der Waals surface area contributed by atoms with E-state index >= 15 is 0 Å². The fraction of sp³-hybridized carbons (Fsp3) is 0.571. The van der Waals surface area contributed by atoms with E-state index in [0.29, 0.717) is 0 Å². The van der Waals surface area contributed by atoms with Crippen molar-refractivity contribution >= 4 is 13.8 Å². The molecule has 90 valence electrons. The van der Waals surface area contributed by atoms with Crippen molar-refractivity contribution in [2.75, 3.05) is 21.3 Å². The molecule has 0 spiro atoms. The van der Waals surface area contributed by atoms with Crippen LogP contribution in [0.2, 0.25) is 0 Å². The normalized spacial score (nSPS) is 11.4. The summed E-state index contributed by atoms with van der Waals surface area (Å²) in [5.74, 6) is -0.582. The van der Waals surface area contributed by atoms with Crippen molar-refractivity contribution in [3.8, 4) is 0 Å². The maximum absolute atomic E-state index is 10.2. The molecular weight excluding hydrogens is 227 g/mol. The summed E-state index contributed by atoms with van der Waals surface area (Å²) < 4.78 is 21.9. The number of allylic oxidation sites excluding steroid dienone is 1. The van der Waals surface area contributed by atoms with Gasteiger partial charge in [0.05, 0.1) is 18.9 Å². The number of aliphatic hydroxyl groups is 1. The molecule has 0 aromatic heterocycles. The van der Waals surface area contributed by atoms with Crippen LogP contribution in [0.3, 0.4) is 0 Å². The minimum atomic E-state index is -3.90. The summed E-state index contributed by atoms with van der Waals surface area (Å²) in [6.07, 6.45) is 1.00.